The van der Waals surface area contributed by atoms with E-state index >= 15 is 0 Å². The summed E-state index contributed by atoms with van der Waals surface area (Å²) in [7, 11) is 0. The standard InChI is InChI=1S/C22H26O5S/c1-2-28-22-18(23)20(24-13-15-9-5-3-6-10-15)19-17(26-22)14-25-21(27-19)16-11-7-4-8-12-16/h3-12,17-23H,2,13-14H2,1H3/t17-,18-,19-,20-,21-,22+/m1/s1. The number of hydrogen-bond acceptors (Lipinski definition) is 6. The molecule has 28 heavy (non-hydrogen) atoms. The van der Waals surface area contributed by atoms with E-state index in [0.29, 0.717) is 13.2 Å². The highest BCUT2D eigenvalue weighted by Crippen LogP contribution is 2.38. The number of ether oxygens (including phenoxy) is 4. The van der Waals surface area contributed by atoms with Crippen molar-refractivity contribution >= 4 is 11.8 Å². The van der Waals surface area contributed by atoms with Gasteiger partial charge in [-0.05, 0) is 11.3 Å². The van der Waals surface area contributed by atoms with Gasteiger partial charge in [-0.3, -0.25) is 0 Å². The second kappa shape index (κ2) is 9.39. The molecule has 4 rings (SSSR count). The first-order valence-electron chi connectivity index (χ1n) is 9.69. The van der Waals surface area contributed by atoms with Crippen molar-refractivity contribution in [1.29, 1.82) is 0 Å². The summed E-state index contributed by atoms with van der Waals surface area (Å²) in [6.07, 6.45) is -2.42. The molecular weight excluding hydrogens is 376 g/mol. The van der Waals surface area contributed by atoms with E-state index in [1.165, 1.54) is 0 Å². The number of hydrogen-bond donors (Lipinski definition) is 1. The SMILES string of the molecule is CCS[C@@H]1O[C@@H]2CO[C@@H](c3ccccc3)O[C@H]2[C@H](OCc2ccccc2)[C@H]1O. The predicted octanol–water partition coefficient (Wildman–Crippen LogP) is 3.52. The number of aliphatic hydroxyl groups is 1. The lowest BCUT2D eigenvalue weighted by molar-refractivity contribution is -0.325. The Bertz CT molecular complexity index is 728. The van der Waals surface area contributed by atoms with Gasteiger partial charge in [0, 0.05) is 5.56 Å². The molecule has 0 aliphatic carbocycles. The monoisotopic (exact) mass is 402 g/mol. The first-order chi connectivity index (χ1) is 13.8. The van der Waals surface area contributed by atoms with Gasteiger partial charge in [0.25, 0.3) is 0 Å². The minimum absolute atomic E-state index is 0.270. The Labute approximate surface area is 169 Å². The first-order valence-corrected chi connectivity index (χ1v) is 10.7. The molecule has 0 saturated carbocycles. The van der Waals surface area contributed by atoms with Gasteiger partial charge in [-0.25, -0.2) is 0 Å². The van der Waals surface area contributed by atoms with Crippen LogP contribution in [-0.4, -0.2) is 47.3 Å². The van der Waals surface area contributed by atoms with Crippen LogP contribution in [0.4, 0.5) is 0 Å². The molecule has 0 aromatic heterocycles. The Morgan fingerprint density at radius 1 is 1.04 bits per heavy atom. The minimum Gasteiger partial charge on any atom is -0.387 e. The fourth-order valence-electron chi connectivity index (χ4n) is 3.60. The Balaban J connectivity index is 1.52. The van der Waals surface area contributed by atoms with Gasteiger partial charge in [0.2, 0.25) is 0 Å². The zero-order chi connectivity index (χ0) is 19.3. The molecule has 2 saturated heterocycles. The third kappa shape index (κ3) is 4.43. The Morgan fingerprint density at radius 2 is 1.75 bits per heavy atom. The molecule has 2 aromatic rings. The first kappa shape index (κ1) is 19.9. The second-order valence-electron chi connectivity index (χ2n) is 6.93. The van der Waals surface area contributed by atoms with Crippen LogP contribution < -0.4 is 0 Å². The fraction of sp³-hybridized carbons (Fsp3) is 0.455. The summed E-state index contributed by atoms with van der Waals surface area (Å²) in [5.74, 6) is 0.846. The summed E-state index contributed by atoms with van der Waals surface area (Å²) in [5, 5.41) is 10.9. The maximum Gasteiger partial charge on any atom is 0.184 e. The van der Waals surface area contributed by atoms with Crippen LogP contribution >= 0.6 is 11.8 Å². The van der Waals surface area contributed by atoms with Crippen molar-refractivity contribution in [3.8, 4) is 0 Å². The molecular formula is C22H26O5S. The molecule has 5 nitrogen and oxygen atoms in total. The number of rotatable bonds is 6. The summed E-state index contributed by atoms with van der Waals surface area (Å²) >= 11 is 1.58. The van der Waals surface area contributed by atoms with Gasteiger partial charge in [-0.15, -0.1) is 11.8 Å². The minimum atomic E-state index is -0.774. The number of benzene rings is 2. The zero-order valence-electron chi connectivity index (χ0n) is 15.8. The molecule has 6 atom stereocenters. The van der Waals surface area contributed by atoms with E-state index in [1.807, 2.05) is 67.6 Å². The van der Waals surface area contributed by atoms with Crippen molar-refractivity contribution < 1.29 is 24.1 Å². The lowest BCUT2D eigenvalue weighted by Gasteiger charge is -2.47. The van der Waals surface area contributed by atoms with Gasteiger partial charge in [0.15, 0.2) is 6.29 Å². The topological polar surface area (TPSA) is 57.2 Å². The van der Waals surface area contributed by atoms with Crippen LogP contribution in [0, 0.1) is 0 Å². The molecule has 6 heteroatoms. The molecule has 150 valence electrons. The van der Waals surface area contributed by atoms with Gasteiger partial charge in [-0.2, -0.15) is 0 Å². The van der Waals surface area contributed by atoms with Gasteiger partial charge in [-0.1, -0.05) is 67.6 Å². The molecule has 2 aromatic carbocycles. The molecule has 0 bridgehead atoms. The van der Waals surface area contributed by atoms with Gasteiger partial charge >= 0.3 is 0 Å². The quantitative estimate of drug-likeness (QED) is 0.798. The van der Waals surface area contributed by atoms with E-state index in [2.05, 4.69) is 0 Å². The number of aliphatic hydroxyl groups excluding tert-OH is 1. The molecule has 2 fully saturated rings. The van der Waals surface area contributed by atoms with Crippen molar-refractivity contribution in [3.63, 3.8) is 0 Å². The lowest BCUT2D eigenvalue weighted by Crippen LogP contribution is -2.61. The summed E-state index contributed by atoms with van der Waals surface area (Å²) in [6.45, 7) is 2.87. The van der Waals surface area contributed by atoms with E-state index in [1.54, 1.807) is 11.8 Å². The summed E-state index contributed by atoms with van der Waals surface area (Å²) < 4.78 is 24.4. The van der Waals surface area contributed by atoms with Crippen molar-refractivity contribution in [2.75, 3.05) is 12.4 Å². The Morgan fingerprint density at radius 3 is 2.46 bits per heavy atom. The predicted molar refractivity (Wildman–Crippen MR) is 108 cm³/mol. The number of fused-ring (bicyclic) bond motifs is 1. The highest BCUT2D eigenvalue weighted by molar-refractivity contribution is 7.99. The van der Waals surface area contributed by atoms with Crippen molar-refractivity contribution in [2.24, 2.45) is 0 Å². The van der Waals surface area contributed by atoms with Gasteiger partial charge in [0.1, 0.15) is 29.9 Å². The lowest BCUT2D eigenvalue weighted by atomic mass is 9.98. The van der Waals surface area contributed by atoms with E-state index in [-0.39, 0.29) is 11.5 Å². The fourth-order valence-corrected chi connectivity index (χ4v) is 4.50. The molecule has 0 radical (unpaired) electrons. The smallest absolute Gasteiger partial charge is 0.184 e. The van der Waals surface area contributed by atoms with Crippen LogP contribution in [-0.2, 0) is 25.6 Å². The van der Waals surface area contributed by atoms with Crippen LogP contribution in [0.15, 0.2) is 60.7 Å². The molecule has 0 amide bonds. The average Bonchev–Trinajstić information content (AvgIpc) is 2.75. The van der Waals surface area contributed by atoms with Crippen LogP contribution in [0.1, 0.15) is 24.3 Å². The molecule has 2 heterocycles. The van der Waals surface area contributed by atoms with Crippen LogP contribution in [0.5, 0.6) is 0 Å². The van der Waals surface area contributed by atoms with Gasteiger partial charge in [0.05, 0.1) is 13.2 Å². The van der Waals surface area contributed by atoms with Crippen molar-refractivity contribution in [3.05, 3.63) is 71.8 Å². The van der Waals surface area contributed by atoms with Crippen LogP contribution in [0.2, 0.25) is 0 Å². The van der Waals surface area contributed by atoms with Crippen molar-refractivity contribution in [1.82, 2.24) is 0 Å². The molecule has 2 aliphatic heterocycles. The normalized spacial score (nSPS) is 32.6. The van der Waals surface area contributed by atoms with Crippen LogP contribution in [0.25, 0.3) is 0 Å². The van der Waals surface area contributed by atoms with Crippen LogP contribution in [0.3, 0.4) is 0 Å². The second-order valence-corrected chi connectivity index (χ2v) is 8.30. The molecule has 0 spiro atoms. The van der Waals surface area contributed by atoms with Gasteiger partial charge < -0.3 is 24.1 Å². The largest absolute Gasteiger partial charge is 0.387 e. The third-order valence-electron chi connectivity index (χ3n) is 5.00. The van der Waals surface area contributed by atoms with E-state index in [0.717, 1.165) is 16.9 Å². The van der Waals surface area contributed by atoms with Crippen molar-refractivity contribution in [2.45, 2.75) is 49.7 Å². The van der Waals surface area contributed by atoms with E-state index in [4.69, 9.17) is 18.9 Å². The Kier molecular flexibility index (Phi) is 6.67. The molecule has 1 N–H and O–H groups in total. The summed E-state index contributed by atoms with van der Waals surface area (Å²) in [5.41, 5.74) is 1.65. The molecule has 0 unspecified atom stereocenters. The summed E-state index contributed by atoms with van der Waals surface area (Å²) in [6, 6.07) is 19.8. The Hall–Kier alpha value is -1.41. The van der Waals surface area contributed by atoms with E-state index in [9.17, 15) is 5.11 Å². The number of thioether (sulfide) groups is 1. The highest BCUT2D eigenvalue weighted by atomic mass is 32.2. The highest BCUT2D eigenvalue weighted by Gasteiger charge is 2.50. The van der Waals surface area contributed by atoms with E-state index < -0.39 is 24.6 Å². The summed E-state index contributed by atoms with van der Waals surface area (Å²) in [4.78, 5) is 0. The third-order valence-corrected chi connectivity index (χ3v) is 6.05. The maximum absolute atomic E-state index is 10.9. The zero-order valence-corrected chi connectivity index (χ0v) is 16.7. The molecule has 2 aliphatic rings. The average molecular weight is 403 g/mol. The maximum atomic E-state index is 10.9.